The maximum atomic E-state index is 12.2. The van der Waals surface area contributed by atoms with Crippen LogP contribution in [0.4, 0.5) is 5.69 Å². The van der Waals surface area contributed by atoms with Crippen LogP contribution in [-0.2, 0) is 21.1 Å². The highest BCUT2D eigenvalue weighted by Crippen LogP contribution is 2.34. The van der Waals surface area contributed by atoms with Crippen molar-refractivity contribution in [2.75, 3.05) is 17.2 Å². The first kappa shape index (κ1) is 13.9. The lowest BCUT2D eigenvalue weighted by Gasteiger charge is -2.35. The van der Waals surface area contributed by atoms with Crippen LogP contribution in [0.5, 0.6) is 0 Å². The van der Waals surface area contributed by atoms with Crippen molar-refractivity contribution in [2.24, 2.45) is 0 Å². The molecule has 104 valence electrons. The molecule has 1 atom stereocenters. The molecular formula is C13H17NO4S. The van der Waals surface area contributed by atoms with E-state index in [1.807, 2.05) is 13.0 Å². The molecular weight excluding hydrogens is 266 g/mol. The monoisotopic (exact) mass is 283 g/mol. The Morgan fingerprint density at radius 1 is 1.47 bits per heavy atom. The number of carboxylic acids is 1. The predicted molar refractivity (Wildman–Crippen MR) is 72.3 cm³/mol. The van der Waals surface area contributed by atoms with E-state index in [0.717, 1.165) is 12.0 Å². The van der Waals surface area contributed by atoms with Crippen LogP contribution in [0.25, 0.3) is 0 Å². The molecule has 1 N–H and O–H groups in total. The first-order chi connectivity index (χ1) is 8.85. The van der Waals surface area contributed by atoms with Crippen LogP contribution in [0.15, 0.2) is 23.1 Å². The van der Waals surface area contributed by atoms with E-state index in [0.29, 0.717) is 5.69 Å². The molecule has 19 heavy (non-hydrogen) atoms. The molecule has 0 saturated heterocycles. The van der Waals surface area contributed by atoms with Crippen molar-refractivity contribution in [1.82, 2.24) is 0 Å². The summed E-state index contributed by atoms with van der Waals surface area (Å²) in [5.41, 5.74) is 1.44. The van der Waals surface area contributed by atoms with Crippen molar-refractivity contribution >= 4 is 21.5 Å². The Morgan fingerprint density at radius 2 is 2.16 bits per heavy atom. The van der Waals surface area contributed by atoms with Crippen LogP contribution in [0.1, 0.15) is 19.4 Å². The summed E-state index contributed by atoms with van der Waals surface area (Å²) in [5, 5.41) is 8.95. The Balaban J connectivity index is 2.57. The number of benzene rings is 1. The molecule has 1 heterocycles. The number of nitrogens with zero attached hydrogens (tertiary/aromatic N) is 1. The molecule has 1 aliphatic heterocycles. The van der Waals surface area contributed by atoms with E-state index >= 15 is 0 Å². The summed E-state index contributed by atoms with van der Waals surface area (Å²) in [6.07, 6.45) is 0.747. The van der Waals surface area contributed by atoms with Gasteiger partial charge in [0.15, 0.2) is 9.84 Å². The summed E-state index contributed by atoms with van der Waals surface area (Å²) in [4.78, 5) is 12.8. The van der Waals surface area contributed by atoms with Gasteiger partial charge in [-0.05, 0) is 31.0 Å². The number of anilines is 1. The molecule has 1 aromatic carbocycles. The number of fused-ring (bicyclic) bond motifs is 1. The van der Waals surface area contributed by atoms with Gasteiger partial charge in [0.05, 0.1) is 16.3 Å². The van der Waals surface area contributed by atoms with Gasteiger partial charge in [0, 0.05) is 6.04 Å². The maximum absolute atomic E-state index is 12.2. The molecule has 0 radical (unpaired) electrons. The van der Waals surface area contributed by atoms with E-state index in [1.54, 1.807) is 24.0 Å². The van der Waals surface area contributed by atoms with Crippen LogP contribution >= 0.6 is 0 Å². The predicted octanol–water partition coefficient (Wildman–Crippen LogP) is 1.32. The molecule has 0 aromatic heterocycles. The van der Waals surface area contributed by atoms with Gasteiger partial charge in [-0.3, -0.25) is 4.79 Å². The number of aryl methyl sites for hydroxylation is 1. The molecule has 6 heteroatoms. The molecule has 1 aromatic rings. The van der Waals surface area contributed by atoms with E-state index in [-0.39, 0.29) is 23.2 Å². The second-order valence-electron chi connectivity index (χ2n) is 4.81. The SMILES string of the molecule is CCc1ccc2c(c1)S(=O)(=O)CC(C)N2CC(=O)O. The van der Waals surface area contributed by atoms with Gasteiger partial charge in [0.25, 0.3) is 0 Å². The quantitative estimate of drug-likeness (QED) is 0.905. The third-order valence-electron chi connectivity index (χ3n) is 3.38. The third kappa shape index (κ3) is 2.58. The average Bonchev–Trinajstić information content (AvgIpc) is 2.33. The normalized spacial score (nSPS) is 20.9. The molecule has 1 unspecified atom stereocenters. The summed E-state index contributed by atoms with van der Waals surface area (Å²) in [6.45, 7) is 3.50. The zero-order valence-corrected chi connectivity index (χ0v) is 11.8. The minimum atomic E-state index is -3.33. The standard InChI is InChI=1S/C13H17NO4S/c1-3-10-4-5-11-12(6-10)19(17,18)8-9(2)14(11)7-13(15)16/h4-6,9H,3,7-8H2,1-2H3,(H,15,16). The Morgan fingerprint density at radius 3 is 2.74 bits per heavy atom. The lowest BCUT2D eigenvalue weighted by Crippen LogP contribution is -2.45. The number of rotatable bonds is 3. The van der Waals surface area contributed by atoms with Crippen molar-refractivity contribution in [3.05, 3.63) is 23.8 Å². The van der Waals surface area contributed by atoms with Crippen LogP contribution in [0, 0.1) is 0 Å². The van der Waals surface area contributed by atoms with Gasteiger partial charge in [0.1, 0.15) is 6.54 Å². The van der Waals surface area contributed by atoms with Gasteiger partial charge in [-0.2, -0.15) is 0 Å². The highest BCUT2D eigenvalue weighted by molar-refractivity contribution is 7.91. The molecule has 5 nitrogen and oxygen atoms in total. The van der Waals surface area contributed by atoms with Gasteiger partial charge >= 0.3 is 5.97 Å². The zero-order valence-electron chi connectivity index (χ0n) is 11.0. The van der Waals surface area contributed by atoms with Crippen molar-refractivity contribution in [3.8, 4) is 0 Å². The summed E-state index contributed by atoms with van der Waals surface area (Å²) in [5.74, 6) is -1.00. The number of hydrogen-bond donors (Lipinski definition) is 1. The molecule has 0 spiro atoms. The van der Waals surface area contributed by atoms with Gasteiger partial charge in [-0.1, -0.05) is 13.0 Å². The van der Waals surface area contributed by atoms with E-state index < -0.39 is 15.8 Å². The summed E-state index contributed by atoms with van der Waals surface area (Å²) in [6, 6.07) is 4.89. The zero-order chi connectivity index (χ0) is 14.2. The van der Waals surface area contributed by atoms with E-state index in [2.05, 4.69) is 0 Å². The lowest BCUT2D eigenvalue weighted by molar-refractivity contribution is -0.135. The molecule has 0 saturated carbocycles. The Kier molecular flexibility index (Phi) is 3.54. The molecule has 0 amide bonds. The smallest absolute Gasteiger partial charge is 0.323 e. The van der Waals surface area contributed by atoms with Crippen molar-refractivity contribution in [1.29, 1.82) is 0 Å². The molecule has 0 aliphatic carbocycles. The first-order valence-corrected chi connectivity index (χ1v) is 7.84. The molecule has 2 rings (SSSR count). The van der Waals surface area contributed by atoms with Crippen LogP contribution in [0.3, 0.4) is 0 Å². The van der Waals surface area contributed by atoms with Gasteiger partial charge in [-0.15, -0.1) is 0 Å². The fourth-order valence-electron chi connectivity index (χ4n) is 2.39. The van der Waals surface area contributed by atoms with Crippen LogP contribution in [-0.4, -0.2) is 37.8 Å². The second kappa shape index (κ2) is 4.85. The number of carbonyl (C=O) groups is 1. The van der Waals surface area contributed by atoms with E-state index in [4.69, 9.17) is 5.11 Å². The summed E-state index contributed by atoms with van der Waals surface area (Å²) in [7, 11) is -3.33. The lowest BCUT2D eigenvalue weighted by atomic mass is 10.1. The highest BCUT2D eigenvalue weighted by atomic mass is 32.2. The number of carboxylic acid groups (broad SMARTS) is 1. The maximum Gasteiger partial charge on any atom is 0.323 e. The third-order valence-corrected chi connectivity index (χ3v) is 5.29. The van der Waals surface area contributed by atoms with E-state index in [1.165, 1.54) is 0 Å². The van der Waals surface area contributed by atoms with Crippen LogP contribution in [0.2, 0.25) is 0 Å². The minimum absolute atomic E-state index is 0.0412. The number of sulfone groups is 1. The first-order valence-electron chi connectivity index (χ1n) is 6.19. The largest absolute Gasteiger partial charge is 0.480 e. The average molecular weight is 283 g/mol. The summed E-state index contributed by atoms with van der Waals surface area (Å²) < 4.78 is 24.4. The summed E-state index contributed by atoms with van der Waals surface area (Å²) >= 11 is 0. The topological polar surface area (TPSA) is 74.7 Å². The minimum Gasteiger partial charge on any atom is -0.480 e. The number of aliphatic carboxylic acids is 1. The fraction of sp³-hybridized carbons (Fsp3) is 0.462. The van der Waals surface area contributed by atoms with Gasteiger partial charge < -0.3 is 10.0 Å². The van der Waals surface area contributed by atoms with Gasteiger partial charge in [0.2, 0.25) is 0 Å². The molecule has 0 fully saturated rings. The molecule has 0 bridgehead atoms. The Labute approximate surface area is 112 Å². The Bertz CT molecular complexity index is 609. The van der Waals surface area contributed by atoms with Crippen LogP contribution < -0.4 is 4.90 Å². The Hall–Kier alpha value is -1.56. The van der Waals surface area contributed by atoms with E-state index in [9.17, 15) is 13.2 Å². The van der Waals surface area contributed by atoms with Crippen molar-refractivity contribution < 1.29 is 18.3 Å². The van der Waals surface area contributed by atoms with Crippen molar-refractivity contribution in [3.63, 3.8) is 0 Å². The highest BCUT2D eigenvalue weighted by Gasteiger charge is 2.34. The second-order valence-corrected chi connectivity index (χ2v) is 6.81. The number of hydrogen-bond acceptors (Lipinski definition) is 4. The van der Waals surface area contributed by atoms with Gasteiger partial charge in [-0.25, -0.2) is 8.42 Å². The fourth-order valence-corrected chi connectivity index (χ4v) is 4.22. The molecule has 1 aliphatic rings. The van der Waals surface area contributed by atoms with Crippen molar-refractivity contribution in [2.45, 2.75) is 31.2 Å².